The van der Waals surface area contributed by atoms with Crippen LogP contribution in [0.25, 0.3) is 0 Å². The Morgan fingerprint density at radius 2 is 2.11 bits per heavy atom. The Labute approximate surface area is 111 Å². The number of nitrogens with zero attached hydrogens (tertiary/aromatic N) is 1. The van der Waals surface area contributed by atoms with Gasteiger partial charge in [0.25, 0.3) is 0 Å². The van der Waals surface area contributed by atoms with Gasteiger partial charge in [-0.05, 0) is 56.5 Å². The van der Waals surface area contributed by atoms with E-state index in [-0.39, 0.29) is 0 Å². The molecule has 2 heterocycles. The zero-order valence-electron chi connectivity index (χ0n) is 11.6. The van der Waals surface area contributed by atoms with E-state index < -0.39 is 10.0 Å². The predicted octanol–water partition coefficient (Wildman–Crippen LogP) is 1.29. The zero-order chi connectivity index (χ0) is 13.2. The van der Waals surface area contributed by atoms with Gasteiger partial charge in [0.1, 0.15) is 0 Å². The quantitative estimate of drug-likeness (QED) is 0.844. The molecule has 5 heteroatoms. The first kappa shape index (κ1) is 14.3. The molecule has 2 aliphatic heterocycles. The maximum Gasteiger partial charge on any atom is 0.211 e. The lowest BCUT2D eigenvalue weighted by atomic mass is 9.79. The highest BCUT2D eigenvalue weighted by atomic mass is 32.2. The van der Waals surface area contributed by atoms with E-state index in [0.717, 1.165) is 37.9 Å². The van der Waals surface area contributed by atoms with E-state index in [4.69, 9.17) is 0 Å². The Morgan fingerprint density at radius 1 is 1.33 bits per heavy atom. The number of rotatable bonds is 3. The Hall–Kier alpha value is -0.130. The SMILES string of the molecule is CC1CCNCC1CC1CCCN(S(C)(=O)=O)C1. The third-order valence-electron chi connectivity index (χ3n) is 4.57. The molecule has 0 radical (unpaired) electrons. The summed E-state index contributed by atoms with van der Waals surface area (Å²) in [5, 5.41) is 3.46. The minimum Gasteiger partial charge on any atom is -0.316 e. The van der Waals surface area contributed by atoms with Crippen molar-refractivity contribution in [2.24, 2.45) is 17.8 Å². The molecule has 3 atom stereocenters. The number of hydrogen-bond acceptors (Lipinski definition) is 3. The Morgan fingerprint density at radius 3 is 2.78 bits per heavy atom. The molecule has 0 aliphatic carbocycles. The lowest BCUT2D eigenvalue weighted by molar-refractivity contribution is 0.180. The molecule has 0 aromatic carbocycles. The molecular formula is C13H26N2O2S. The number of sulfonamides is 1. The molecular weight excluding hydrogens is 248 g/mol. The fourth-order valence-electron chi connectivity index (χ4n) is 3.32. The van der Waals surface area contributed by atoms with E-state index in [1.165, 1.54) is 25.5 Å². The van der Waals surface area contributed by atoms with Crippen molar-refractivity contribution in [3.8, 4) is 0 Å². The summed E-state index contributed by atoms with van der Waals surface area (Å²) in [6.45, 7) is 6.03. The van der Waals surface area contributed by atoms with Crippen molar-refractivity contribution in [3.63, 3.8) is 0 Å². The van der Waals surface area contributed by atoms with Crippen LogP contribution in [0.2, 0.25) is 0 Å². The fraction of sp³-hybridized carbons (Fsp3) is 1.00. The minimum atomic E-state index is -3.00. The second-order valence-corrected chi connectivity index (χ2v) is 8.08. The smallest absolute Gasteiger partial charge is 0.211 e. The summed E-state index contributed by atoms with van der Waals surface area (Å²) in [5.74, 6) is 2.06. The third-order valence-corrected chi connectivity index (χ3v) is 5.84. The molecule has 0 aromatic heterocycles. The van der Waals surface area contributed by atoms with Crippen molar-refractivity contribution in [1.82, 2.24) is 9.62 Å². The molecule has 2 aliphatic rings. The summed E-state index contributed by atoms with van der Waals surface area (Å²) < 4.78 is 24.9. The van der Waals surface area contributed by atoms with E-state index in [1.807, 2.05) is 0 Å². The maximum absolute atomic E-state index is 11.6. The molecule has 18 heavy (non-hydrogen) atoms. The fourth-order valence-corrected chi connectivity index (χ4v) is 4.26. The minimum absolute atomic E-state index is 0.556. The van der Waals surface area contributed by atoms with Crippen LogP contribution in [0.15, 0.2) is 0 Å². The van der Waals surface area contributed by atoms with E-state index in [2.05, 4.69) is 12.2 Å². The third kappa shape index (κ3) is 3.68. The lowest BCUT2D eigenvalue weighted by Gasteiger charge is -2.36. The van der Waals surface area contributed by atoms with Crippen molar-refractivity contribution in [2.75, 3.05) is 32.4 Å². The van der Waals surface area contributed by atoms with Crippen LogP contribution in [0.5, 0.6) is 0 Å². The topological polar surface area (TPSA) is 49.4 Å². The van der Waals surface area contributed by atoms with Gasteiger partial charge in [0.15, 0.2) is 0 Å². The van der Waals surface area contributed by atoms with Gasteiger partial charge in [0.05, 0.1) is 6.26 Å². The molecule has 106 valence electrons. The van der Waals surface area contributed by atoms with Gasteiger partial charge in [-0.3, -0.25) is 0 Å². The predicted molar refractivity (Wildman–Crippen MR) is 73.9 cm³/mol. The van der Waals surface area contributed by atoms with Crippen LogP contribution in [0.3, 0.4) is 0 Å². The van der Waals surface area contributed by atoms with E-state index in [0.29, 0.717) is 12.5 Å². The number of piperidine rings is 2. The van der Waals surface area contributed by atoms with Gasteiger partial charge in [-0.25, -0.2) is 12.7 Å². The molecule has 0 amide bonds. The molecule has 4 nitrogen and oxygen atoms in total. The van der Waals surface area contributed by atoms with Gasteiger partial charge in [-0.15, -0.1) is 0 Å². The Kier molecular flexibility index (Phi) is 4.67. The molecule has 2 saturated heterocycles. The van der Waals surface area contributed by atoms with Crippen LogP contribution in [0, 0.1) is 17.8 Å². The van der Waals surface area contributed by atoms with Gasteiger partial charge in [-0.2, -0.15) is 0 Å². The van der Waals surface area contributed by atoms with Crippen LogP contribution < -0.4 is 5.32 Å². The van der Waals surface area contributed by atoms with Gasteiger partial charge >= 0.3 is 0 Å². The van der Waals surface area contributed by atoms with E-state index in [9.17, 15) is 8.42 Å². The van der Waals surface area contributed by atoms with Crippen molar-refractivity contribution < 1.29 is 8.42 Å². The molecule has 3 unspecified atom stereocenters. The number of hydrogen-bond donors (Lipinski definition) is 1. The van der Waals surface area contributed by atoms with Crippen molar-refractivity contribution >= 4 is 10.0 Å². The van der Waals surface area contributed by atoms with Gasteiger partial charge < -0.3 is 5.32 Å². The maximum atomic E-state index is 11.6. The number of nitrogens with one attached hydrogen (secondary N) is 1. The van der Waals surface area contributed by atoms with Gasteiger partial charge in [0.2, 0.25) is 10.0 Å². The first-order chi connectivity index (χ1) is 8.47. The van der Waals surface area contributed by atoms with Crippen LogP contribution in [0.1, 0.15) is 32.6 Å². The Balaban J connectivity index is 1.89. The second kappa shape index (κ2) is 5.88. The van der Waals surface area contributed by atoms with Crippen molar-refractivity contribution in [2.45, 2.75) is 32.6 Å². The lowest BCUT2D eigenvalue weighted by Crippen LogP contribution is -2.42. The molecule has 1 N–H and O–H groups in total. The second-order valence-electron chi connectivity index (χ2n) is 6.10. The summed E-state index contributed by atoms with van der Waals surface area (Å²) in [5.41, 5.74) is 0. The highest BCUT2D eigenvalue weighted by molar-refractivity contribution is 7.88. The first-order valence-electron chi connectivity index (χ1n) is 7.12. The first-order valence-corrected chi connectivity index (χ1v) is 8.97. The summed E-state index contributed by atoms with van der Waals surface area (Å²) in [4.78, 5) is 0. The summed E-state index contributed by atoms with van der Waals surface area (Å²) in [6.07, 6.45) is 5.98. The molecule has 2 rings (SSSR count). The van der Waals surface area contributed by atoms with Crippen LogP contribution in [-0.2, 0) is 10.0 Å². The monoisotopic (exact) mass is 274 g/mol. The zero-order valence-corrected chi connectivity index (χ0v) is 12.4. The molecule has 0 spiro atoms. The largest absolute Gasteiger partial charge is 0.316 e. The summed E-state index contributed by atoms with van der Waals surface area (Å²) in [7, 11) is -3.00. The molecule has 0 bridgehead atoms. The molecule has 0 aromatic rings. The van der Waals surface area contributed by atoms with E-state index in [1.54, 1.807) is 4.31 Å². The van der Waals surface area contributed by atoms with Crippen LogP contribution in [0.4, 0.5) is 0 Å². The average molecular weight is 274 g/mol. The summed E-state index contributed by atoms with van der Waals surface area (Å²) in [6, 6.07) is 0. The highest BCUT2D eigenvalue weighted by Gasteiger charge is 2.30. The highest BCUT2D eigenvalue weighted by Crippen LogP contribution is 2.30. The van der Waals surface area contributed by atoms with Crippen molar-refractivity contribution in [3.05, 3.63) is 0 Å². The van der Waals surface area contributed by atoms with Crippen LogP contribution in [-0.4, -0.2) is 45.2 Å². The molecule has 2 fully saturated rings. The Bertz CT molecular complexity index is 369. The molecule has 0 saturated carbocycles. The normalized spacial score (nSPS) is 35.6. The standard InChI is InChI=1S/C13H26N2O2S/c1-11-5-6-14-9-13(11)8-12-4-3-7-15(10-12)18(2,16)17/h11-14H,3-10H2,1-2H3. The van der Waals surface area contributed by atoms with Crippen molar-refractivity contribution in [1.29, 1.82) is 0 Å². The van der Waals surface area contributed by atoms with Crippen LogP contribution >= 0.6 is 0 Å². The van der Waals surface area contributed by atoms with Gasteiger partial charge in [-0.1, -0.05) is 6.92 Å². The van der Waals surface area contributed by atoms with Gasteiger partial charge in [0, 0.05) is 13.1 Å². The average Bonchev–Trinajstić information content (AvgIpc) is 2.31. The summed E-state index contributed by atoms with van der Waals surface area (Å²) >= 11 is 0. The van der Waals surface area contributed by atoms with E-state index >= 15 is 0 Å².